The van der Waals surface area contributed by atoms with E-state index in [9.17, 15) is 5.11 Å². The number of rotatable bonds is 3. The van der Waals surface area contributed by atoms with Crippen molar-refractivity contribution in [2.45, 2.75) is 31.8 Å². The van der Waals surface area contributed by atoms with Crippen LogP contribution in [0.5, 0.6) is 0 Å². The Morgan fingerprint density at radius 3 is 2.79 bits per heavy atom. The summed E-state index contributed by atoms with van der Waals surface area (Å²) in [5.41, 5.74) is 1.82. The van der Waals surface area contributed by atoms with E-state index in [-0.39, 0.29) is 6.61 Å². The van der Waals surface area contributed by atoms with Crippen molar-refractivity contribution in [3.8, 4) is 6.07 Å². The van der Waals surface area contributed by atoms with Crippen LogP contribution >= 0.6 is 0 Å². The van der Waals surface area contributed by atoms with Gasteiger partial charge in [0, 0.05) is 37.5 Å². The highest BCUT2D eigenvalue weighted by Gasteiger charge is 2.23. The van der Waals surface area contributed by atoms with Crippen molar-refractivity contribution >= 4 is 5.69 Å². The summed E-state index contributed by atoms with van der Waals surface area (Å²) in [6.07, 6.45) is 1.85. The van der Waals surface area contributed by atoms with Gasteiger partial charge < -0.3 is 15.3 Å². The molecule has 0 aliphatic carbocycles. The van der Waals surface area contributed by atoms with E-state index in [1.54, 1.807) is 0 Å². The summed E-state index contributed by atoms with van der Waals surface area (Å²) in [5.74, 6) is 0. The topological polar surface area (TPSA) is 59.3 Å². The Balaban J connectivity index is 2.19. The molecule has 0 bridgehead atoms. The minimum absolute atomic E-state index is 0.202. The van der Waals surface area contributed by atoms with Crippen LogP contribution in [0.25, 0.3) is 0 Å². The van der Waals surface area contributed by atoms with E-state index < -0.39 is 0 Å². The summed E-state index contributed by atoms with van der Waals surface area (Å²) in [6.45, 7) is 4.26. The van der Waals surface area contributed by atoms with Crippen molar-refractivity contribution in [2.75, 3.05) is 24.6 Å². The van der Waals surface area contributed by atoms with E-state index in [4.69, 9.17) is 5.26 Å². The lowest BCUT2D eigenvalue weighted by molar-refractivity contribution is 0.272. The zero-order valence-corrected chi connectivity index (χ0v) is 11.3. The first-order valence-electron chi connectivity index (χ1n) is 6.85. The van der Waals surface area contributed by atoms with Crippen LogP contribution in [0.3, 0.4) is 0 Å². The molecular weight excluding hydrogens is 238 g/mol. The third-order valence-electron chi connectivity index (χ3n) is 3.74. The van der Waals surface area contributed by atoms with E-state index in [0.717, 1.165) is 31.6 Å². The molecule has 2 rings (SSSR count). The third-order valence-corrected chi connectivity index (χ3v) is 3.74. The number of aliphatic hydroxyl groups excluding tert-OH is 1. The van der Waals surface area contributed by atoms with Crippen molar-refractivity contribution in [3.63, 3.8) is 0 Å². The van der Waals surface area contributed by atoms with Gasteiger partial charge in [-0.2, -0.15) is 5.26 Å². The summed E-state index contributed by atoms with van der Waals surface area (Å²) >= 11 is 0. The molecule has 0 spiro atoms. The van der Waals surface area contributed by atoms with Crippen LogP contribution in [0.1, 0.15) is 25.3 Å². The highest BCUT2D eigenvalue weighted by molar-refractivity contribution is 5.50. The van der Waals surface area contributed by atoms with Gasteiger partial charge in [0.1, 0.15) is 0 Å². The molecule has 19 heavy (non-hydrogen) atoms. The fourth-order valence-corrected chi connectivity index (χ4v) is 2.54. The Labute approximate surface area is 114 Å². The summed E-state index contributed by atoms with van der Waals surface area (Å²) in [6, 6.07) is 10.7. The summed E-state index contributed by atoms with van der Waals surface area (Å²) in [4.78, 5) is 2.34. The van der Waals surface area contributed by atoms with Gasteiger partial charge in [0.25, 0.3) is 0 Å². The number of nitriles is 1. The minimum Gasteiger partial charge on any atom is -0.396 e. The first kappa shape index (κ1) is 13.9. The lowest BCUT2D eigenvalue weighted by atomic mass is 10.1. The van der Waals surface area contributed by atoms with Crippen molar-refractivity contribution in [2.24, 2.45) is 0 Å². The summed E-state index contributed by atoms with van der Waals surface area (Å²) in [5, 5.41) is 21.6. The smallest absolute Gasteiger partial charge is 0.0991 e. The molecule has 1 fully saturated rings. The Hall–Kier alpha value is -1.57. The van der Waals surface area contributed by atoms with Crippen molar-refractivity contribution in [1.82, 2.24) is 5.32 Å². The molecule has 0 aromatic heterocycles. The molecule has 0 amide bonds. The molecule has 2 N–H and O–H groups in total. The molecule has 1 saturated heterocycles. The van der Waals surface area contributed by atoms with Crippen LogP contribution in [-0.2, 0) is 0 Å². The number of benzene rings is 1. The van der Waals surface area contributed by atoms with Crippen LogP contribution in [0.15, 0.2) is 24.3 Å². The normalized spacial score (nSPS) is 23.7. The molecule has 1 aromatic rings. The van der Waals surface area contributed by atoms with Gasteiger partial charge in [-0.3, -0.25) is 0 Å². The third kappa shape index (κ3) is 3.46. The minimum atomic E-state index is 0.202. The van der Waals surface area contributed by atoms with Gasteiger partial charge in [-0.1, -0.05) is 0 Å². The predicted octanol–water partition coefficient (Wildman–Crippen LogP) is 1.50. The number of hydrogen-bond donors (Lipinski definition) is 2. The Morgan fingerprint density at radius 1 is 1.42 bits per heavy atom. The average molecular weight is 259 g/mol. The monoisotopic (exact) mass is 259 g/mol. The standard InChI is InChI=1S/C15H21N3O/c1-12-6-8-18(15(7-9-19)11-17-12)14-4-2-13(10-16)3-5-14/h2-5,12,15,17,19H,6-9,11H2,1H3. The molecule has 102 valence electrons. The van der Waals surface area contributed by atoms with Gasteiger partial charge in [0.2, 0.25) is 0 Å². The van der Waals surface area contributed by atoms with Crippen LogP contribution in [0.2, 0.25) is 0 Å². The quantitative estimate of drug-likeness (QED) is 0.863. The second-order valence-electron chi connectivity index (χ2n) is 5.12. The second-order valence-corrected chi connectivity index (χ2v) is 5.12. The number of hydrogen-bond acceptors (Lipinski definition) is 4. The molecule has 1 aliphatic rings. The summed E-state index contributed by atoms with van der Waals surface area (Å²) in [7, 11) is 0. The first-order chi connectivity index (χ1) is 9.24. The Bertz CT molecular complexity index is 438. The fourth-order valence-electron chi connectivity index (χ4n) is 2.54. The lowest BCUT2D eigenvalue weighted by Crippen LogP contribution is -2.41. The molecule has 1 heterocycles. The predicted molar refractivity (Wildman–Crippen MR) is 76.1 cm³/mol. The van der Waals surface area contributed by atoms with Gasteiger partial charge in [0.05, 0.1) is 11.6 Å². The van der Waals surface area contributed by atoms with Crippen LogP contribution in [0, 0.1) is 11.3 Å². The highest BCUT2D eigenvalue weighted by Crippen LogP contribution is 2.21. The molecule has 0 saturated carbocycles. The van der Waals surface area contributed by atoms with Crippen LogP contribution in [-0.4, -0.2) is 36.9 Å². The van der Waals surface area contributed by atoms with E-state index in [0.29, 0.717) is 17.6 Å². The van der Waals surface area contributed by atoms with Gasteiger partial charge >= 0.3 is 0 Å². The first-order valence-corrected chi connectivity index (χ1v) is 6.85. The number of nitrogens with zero attached hydrogens (tertiary/aromatic N) is 2. The number of anilines is 1. The fraction of sp³-hybridized carbons (Fsp3) is 0.533. The van der Waals surface area contributed by atoms with Gasteiger partial charge in [-0.15, -0.1) is 0 Å². The van der Waals surface area contributed by atoms with Crippen molar-refractivity contribution in [1.29, 1.82) is 5.26 Å². The average Bonchev–Trinajstić information content (AvgIpc) is 2.62. The largest absolute Gasteiger partial charge is 0.396 e. The maximum absolute atomic E-state index is 9.23. The van der Waals surface area contributed by atoms with Gasteiger partial charge in [0.15, 0.2) is 0 Å². The van der Waals surface area contributed by atoms with Crippen LogP contribution in [0.4, 0.5) is 5.69 Å². The zero-order chi connectivity index (χ0) is 13.7. The van der Waals surface area contributed by atoms with E-state index in [2.05, 4.69) is 23.2 Å². The Kier molecular flexibility index (Phi) is 4.78. The zero-order valence-electron chi connectivity index (χ0n) is 11.3. The molecule has 4 heteroatoms. The highest BCUT2D eigenvalue weighted by atomic mass is 16.3. The van der Waals surface area contributed by atoms with E-state index in [1.807, 2.05) is 24.3 Å². The molecule has 0 radical (unpaired) electrons. The SMILES string of the molecule is CC1CCN(c2ccc(C#N)cc2)C(CCO)CN1. The molecule has 1 aliphatic heterocycles. The van der Waals surface area contributed by atoms with E-state index >= 15 is 0 Å². The van der Waals surface area contributed by atoms with E-state index in [1.165, 1.54) is 0 Å². The maximum Gasteiger partial charge on any atom is 0.0991 e. The molecule has 4 nitrogen and oxygen atoms in total. The molecule has 2 atom stereocenters. The summed E-state index contributed by atoms with van der Waals surface area (Å²) < 4.78 is 0. The lowest BCUT2D eigenvalue weighted by Gasteiger charge is -2.31. The van der Waals surface area contributed by atoms with Crippen molar-refractivity contribution in [3.05, 3.63) is 29.8 Å². The Morgan fingerprint density at radius 2 is 2.16 bits per heavy atom. The molecule has 1 aromatic carbocycles. The van der Waals surface area contributed by atoms with Gasteiger partial charge in [-0.25, -0.2) is 0 Å². The van der Waals surface area contributed by atoms with Gasteiger partial charge in [-0.05, 0) is 44.0 Å². The second kappa shape index (κ2) is 6.55. The molecular formula is C15H21N3O. The number of nitrogens with one attached hydrogen (secondary N) is 1. The number of aliphatic hydroxyl groups is 1. The maximum atomic E-state index is 9.23. The molecule has 2 unspecified atom stereocenters. The van der Waals surface area contributed by atoms with Crippen LogP contribution < -0.4 is 10.2 Å². The van der Waals surface area contributed by atoms with Crippen molar-refractivity contribution < 1.29 is 5.11 Å².